The summed E-state index contributed by atoms with van der Waals surface area (Å²) in [5.41, 5.74) is 0. The van der Waals surface area contributed by atoms with Crippen molar-refractivity contribution >= 4 is 35.8 Å². The Bertz CT molecular complexity index is 540. The van der Waals surface area contributed by atoms with Crippen molar-refractivity contribution in [3.05, 3.63) is 13.8 Å². The molecule has 0 N–H and O–H groups in total. The van der Waals surface area contributed by atoms with E-state index in [1.165, 1.54) is 205 Å². The standard InChI is InChI=1S/2C12H23O2.2C12H25.Sn/c2*1-2-3-4-5-6-7-8-9-10-11-12(13)14;2*1-3-5-7-9-11-12-10-8-6-4-2;/h2*2-11H2,1H3;2*1,3-12H2,2H3;. The minimum absolute atomic E-state index is 0. The van der Waals surface area contributed by atoms with Gasteiger partial charge in [0.25, 0.3) is 0 Å². The summed E-state index contributed by atoms with van der Waals surface area (Å²) < 4.78 is 0. The first-order valence-electron chi connectivity index (χ1n) is 23.4. The number of hydrogen-bond donors (Lipinski definition) is 0. The summed E-state index contributed by atoms with van der Waals surface area (Å²) in [4.78, 5) is 20.2. The maximum atomic E-state index is 10.1. The van der Waals surface area contributed by atoms with Gasteiger partial charge in [-0.3, -0.25) is 0 Å². The fourth-order valence-corrected chi connectivity index (χ4v) is 6.13. The van der Waals surface area contributed by atoms with E-state index in [-0.39, 0.29) is 36.7 Å². The Morgan fingerprint density at radius 3 is 0.585 bits per heavy atom. The Hall–Kier alpha value is -0.261. The first kappa shape index (κ1) is 61.9. The SMILES string of the molecule is CCCCCCCCCCCC([O])=O.CCCCCCCCCCCC([O])=O.[CH2]CCCCCCCCCCC.[CH2]CCCCCCCCCCC.[Sn]. The van der Waals surface area contributed by atoms with Gasteiger partial charge >= 0.3 is 11.9 Å². The van der Waals surface area contributed by atoms with E-state index in [9.17, 15) is 19.8 Å². The zero-order chi connectivity index (χ0) is 39.4. The molecule has 0 fully saturated rings. The molecule has 0 spiro atoms. The average molecular weight is 856 g/mol. The monoisotopic (exact) mass is 857 g/mol. The zero-order valence-corrected chi connectivity index (χ0v) is 39.7. The molecule has 0 aliphatic heterocycles. The van der Waals surface area contributed by atoms with Crippen LogP contribution in [0.1, 0.15) is 285 Å². The predicted octanol–water partition coefficient (Wildman–Crippen LogP) is 16.8. The molecular formula is C48H96O4Sn. The Balaban J connectivity index is -0.000000193. The fourth-order valence-electron chi connectivity index (χ4n) is 6.13. The van der Waals surface area contributed by atoms with Crippen LogP contribution in [0.3, 0.4) is 0 Å². The van der Waals surface area contributed by atoms with Gasteiger partial charge in [0.1, 0.15) is 0 Å². The minimum atomic E-state index is -0.909. The van der Waals surface area contributed by atoms with Crippen LogP contribution in [0, 0.1) is 13.8 Å². The number of rotatable bonds is 38. The predicted molar refractivity (Wildman–Crippen MR) is 235 cm³/mol. The van der Waals surface area contributed by atoms with Crippen molar-refractivity contribution in [2.45, 2.75) is 285 Å². The molecule has 8 radical (unpaired) electrons. The summed E-state index contributed by atoms with van der Waals surface area (Å²) in [5.74, 6) is -1.82. The molecule has 4 nitrogen and oxygen atoms in total. The van der Waals surface area contributed by atoms with Crippen molar-refractivity contribution < 1.29 is 19.8 Å². The van der Waals surface area contributed by atoms with Crippen LogP contribution >= 0.6 is 0 Å². The molecule has 0 aromatic rings. The van der Waals surface area contributed by atoms with E-state index in [2.05, 4.69) is 41.5 Å². The topological polar surface area (TPSA) is 73.9 Å². The van der Waals surface area contributed by atoms with Crippen molar-refractivity contribution in [1.29, 1.82) is 0 Å². The van der Waals surface area contributed by atoms with Crippen LogP contribution in [-0.2, 0) is 19.8 Å². The average Bonchev–Trinajstić information content (AvgIpc) is 3.13. The van der Waals surface area contributed by atoms with Crippen LogP contribution < -0.4 is 0 Å². The van der Waals surface area contributed by atoms with Gasteiger partial charge in [0.2, 0.25) is 0 Å². The first-order chi connectivity index (χ1) is 25.4. The molecule has 0 atom stereocenters. The molecule has 0 rings (SSSR count). The van der Waals surface area contributed by atoms with Gasteiger partial charge in [-0.15, -0.1) is 0 Å². The summed E-state index contributed by atoms with van der Waals surface area (Å²) in [6.45, 7) is 16.7. The Labute approximate surface area is 352 Å². The Kier molecular flexibility index (Phi) is 74.4. The van der Waals surface area contributed by atoms with E-state index in [1.54, 1.807) is 0 Å². The molecule has 0 saturated heterocycles. The summed E-state index contributed by atoms with van der Waals surface area (Å²) in [7, 11) is 0. The van der Waals surface area contributed by atoms with E-state index in [1.807, 2.05) is 0 Å². The molecule has 0 unspecified atom stereocenters. The molecule has 0 saturated carbocycles. The summed E-state index contributed by atoms with van der Waals surface area (Å²) in [6.07, 6.45) is 50.1. The third kappa shape index (κ3) is 81.1. The number of unbranched alkanes of at least 4 members (excludes halogenated alkanes) is 34. The molecule has 0 aliphatic carbocycles. The van der Waals surface area contributed by atoms with Crippen molar-refractivity contribution in [2.24, 2.45) is 0 Å². The van der Waals surface area contributed by atoms with Gasteiger partial charge in [0.15, 0.2) is 0 Å². The van der Waals surface area contributed by atoms with Crippen LogP contribution in [0.2, 0.25) is 0 Å². The van der Waals surface area contributed by atoms with Gasteiger partial charge in [-0.2, -0.15) is 0 Å². The van der Waals surface area contributed by atoms with E-state index in [0.29, 0.717) is 0 Å². The van der Waals surface area contributed by atoms with E-state index >= 15 is 0 Å². The van der Waals surface area contributed by atoms with Crippen LogP contribution in [0.25, 0.3) is 0 Å². The molecule has 5 heteroatoms. The summed E-state index contributed by atoms with van der Waals surface area (Å²) in [6, 6.07) is 0. The smallest absolute Gasteiger partial charge is 0.247 e. The van der Waals surface area contributed by atoms with Gasteiger partial charge < -0.3 is 0 Å². The van der Waals surface area contributed by atoms with Gasteiger partial charge in [0, 0.05) is 23.9 Å². The maximum Gasteiger partial charge on any atom is 0.355 e. The molecule has 0 aromatic carbocycles. The second-order valence-corrected chi connectivity index (χ2v) is 15.3. The van der Waals surface area contributed by atoms with Gasteiger partial charge in [-0.1, -0.05) is 273 Å². The van der Waals surface area contributed by atoms with Gasteiger partial charge in [-0.25, -0.2) is 19.8 Å². The second-order valence-electron chi connectivity index (χ2n) is 15.3. The molecule has 0 aromatic heterocycles. The van der Waals surface area contributed by atoms with Crippen molar-refractivity contribution in [2.75, 3.05) is 0 Å². The number of carbonyl (C=O) groups excluding carboxylic acids is 2. The molecule has 0 bridgehead atoms. The van der Waals surface area contributed by atoms with E-state index < -0.39 is 11.9 Å². The van der Waals surface area contributed by atoms with Crippen LogP contribution in [0.4, 0.5) is 0 Å². The Morgan fingerprint density at radius 1 is 0.283 bits per heavy atom. The van der Waals surface area contributed by atoms with Gasteiger partial charge in [-0.05, 0) is 12.8 Å². The van der Waals surface area contributed by atoms with Crippen molar-refractivity contribution in [3.63, 3.8) is 0 Å². The molecule has 0 aliphatic rings. The number of carbonyl (C=O) groups is 2. The first-order valence-corrected chi connectivity index (χ1v) is 23.4. The largest absolute Gasteiger partial charge is 0.355 e. The van der Waals surface area contributed by atoms with Crippen LogP contribution in [0.15, 0.2) is 0 Å². The summed E-state index contributed by atoms with van der Waals surface area (Å²) in [5, 5.41) is 20.2. The maximum absolute atomic E-state index is 10.1. The second kappa shape index (κ2) is 63.7. The fraction of sp³-hybridized carbons (Fsp3) is 0.917. The zero-order valence-electron chi connectivity index (χ0n) is 36.8. The molecule has 316 valence electrons. The van der Waals surface area contributed by atoms with Crippen LogP contribution in [0.5, 0.6) is 0 Å². The Morgan fingerprint density at radius 2 is 0.434 bits per heavy atom. The molecular weight excluding hydrogens is 759 g/mol. The van der Waals surface area contributed by atoms with Crippen LogP contribution in [-0.4, -0.2) is 35.8 Å². The van der Waals surface area contributed by atoms with E-state index in [4.69, 9.17) is 0 Å². The quantitative estimate of drug-likeness (QED) is 0.0458. The third-order valence-electron chi connectivity index (χ3n) is 9.68. The number of hydrogen-bond acceptors (Lipinski definition) is 2. The third-order valence-corrected chi connectivity index (χ3v) is 9.68. The summed E-state index contributed by atoms with van der Waals surface area (Å²) >= 11 is 0. The molecule has 0 amide bonds. The molecule has 53 heavy (non-hydrogen) atoms. The van der Waals surface area contributed by atoms with E-state index in [0.717, 1.165) is 38.5 Å². The van der Waals surface area contributed by atoms with Gasteiger partial charge in [0.05, 0.1) is 12.8 Å². The molecule has 0 heterocycles. The van der Waals surface area contributed by atoms with Crippen molar-refractivity contribution in [1.82, 2.24) is 0 Å². The van der Waals surface area contributed by atoms with Crippen molar-refractivity contribution in [3.8, 4) is 0 Å². The minimum Gasteiger partial charge on any atom is -0.247 e. The normalized spacial score (nSPS) is 10.2.